The number of anilines is 1. The quantitative estimate of drug-likeness (QED) is 0.204. The summed E-state index contributed by atoms with van der Waals surface area (Å²) in [6.45, 7) is 7.55. The summed E-state index contributed by atoms with van der Waals surface area (Å²) in [6.07, 6.45) is -0.0782. The summed E-state index contributed by atoms with van der Waals surface area (Å²) < 4.78 is 34.9. The number of hydrogen-bond donors (Lipinski definition) is 3. The topological polar surface area (TPSA) is 151 Å². The highest BCUT2D eigenvalue weighted by molar-refractivity contribution is 7.89. The van der Waals surface area contributed by atoms with Crippen molar-refractivity contribution < 1.29 is 22.7 Å². The monoisotopic (exact) mass is 678 g/mol. The summed E-state index contributed by atoms with van der Waals surface area (Å²) in [7, 11) is -1.97. The maximum atomic E-state index is 14.1. The molecule has 0 spiro atoms. The molecule has 0 unspecified atom stereocenters. The fourth-order valence-electron chi connectivity index (χ4n) is 6.19. The molecule has 0 radical (unpaired) electrons. The Balaban J connectivity index is 1.57. The largest absolute Gasteiger partial charge is 0.449 e. The molecule has 3 atom stereocenters. The molecule has 3 aromatic rings. The molecule has 48 heavy (non-hydrogen) atoms. The van der Waals surface area contributed by atoms with Crippen molar-refractivity contribution in [3.05, 3.63) is 96.1 Å². The smallest absolute Gasteiger partial charge is 0.416 e. The molecule has 260 valence electrons. The van der Waals surface area contributed by atoms with Crippen LogP contribution < -0.4 is 16.8 Å². The highest BCUT2D eigenvalue weighted by Crippen LogP contribution is 2.29. The van der Waals surface area contributed by atoms with Crippen LogP contribution >= 0.6 is 0 Å². The standard InChI is InChI=1S/C36H50N6O5S/c1-5-47-36(44)41(35(43)34(38)33(27-12-8-6-9-13-27)28-14-10-7-11-15-28)23-22-40(4)31-24-39-25-32(31)42(21-20-26(2)3)48(45,46)30-18-16-29(37)17-19-30/h6-19,26,31-34,39H,5,20-25,37-38H2,1-4H3/t31-,32-,34+/m1/s1. The lowest BCUT2D eigenvalue weighted by atomic mass is 9.85. The van der Waals surface area contributed by atoms with Gasteiger partial charge in [-0.1, -0.05) is 74.5 Å². The molecule has 1 aliphatic heterocycles. The van der Waals surface area contributed by atoms with E-state index in [1.807, 2.05) is 72.6 Å². The van der Waals surface area contributed by atoms with Gasteiger partial charge in [0.2, 0.25) is 15.9 Å². The lowest BCUT2D eigenvalue weighted by molar-refractivity contribution is -0.131. The first-order valence-corrected chi connectivity index (χ1v) is 18.0. The molecule has 0 aromatic heterocycles. The summed E-state index contributed by atoms with van der Waals surface area (Å²) >= 11 is 0. The van der Waals surface area contributed by atoms with E-state index in [0.717, 1.165) is 16.0 Å². The van der Waals surface area contributed by atoms with Crippen LogP contribution in [0.5, 0.6) is 0 Å². The molecule has 1 heterocycles. The van der Waals surface area contributed by atoms with Crippen LogP contribution in [0.25, 0.3) is 0 Å². The lowest BCUT2D eigenvalue weighted by Gasteiger charge is -2.37. The van der Waals surface area contributed by atoms with E-state index >= 15 is 0 Å². The first-order valence-electron chi connectivity index (χ1n) is 16.6. The van der Waals surface area contributed by atoms with Gasteiger partial charge in [-0.3, -0.25) is 9.69 Å². The highest BCUT2D eigenvalue weighted by atomic mass is 32.2. The Bertz CT molecular complexity index is 1530. The second-order valence-corrected chi connectivity index (χ2v) is 14.5. The van der Waals surface area contributed by atoms with Crippen molar-refractivity contribution >= 4 is 27.7 Å². The maximum Gasteiger partial charge on any atom is 0.416 e. The number of nitrogens with zero attached hydrogens (tertiary/aromatic N) is 3. The van der Waals surface area contributed by atoms with E-state index in [4.69, 9.17) is 16.2 Å². The van der Waals surface area contributed by atoms with Crippen molar-refractivity contribution in [1.82, 2.24) is 19.4 Å². The fourth-order valence-corrected chi connectivity index (χ4v) is 7.85. The average Bonchev–Trinajstić information content (AvgIpc) is 3.55. The first-order chi connectivity index (χ1) is 22.9. The van der Waals surface area contributed by atoms with Gasteiger partial charge < -0.3 is 21.5 Å². The number of nitrogens with two attached hydrogens (primary N) is 2. The number of carbonyl (C=O) groups is 2. The summed E-state index contributed by atoms with van der Waals surface area (Å²) in [4.78, 5) is 30.6. The lowest BCUT2D eigenvalue weighted by Crippen LogP contribution is -2.55. The van der Waals surface area contributed by atoms with E-state index in [1.54, 1.807) is 35.5 Å². The van der Waals surface area contributed by atoms with Crippen molar-refractivity contribution in [2.24, 2.45) is 11.7 Å². The number of benzene rings is 3. The minimum Gasteiger partial charge on any atom is -0.449 e. The molecular weight excluding hydrogens is 629 g/mol. The van der Waals surface area contributed by atoms with Gasteiger partial charge in [0.25, 0.3) is 0 Å². The predicted octanol–water partition coefficient (Wildman–Crippen LogP) is 3.72. The second kappa shape index (κ2) is 17.0. The number of hydrogen-bond acceptors (Lipinski definition) is 9. The van der Waals surface area contributed by atoms with Crippen LogP contribution in [0.3, 0.4) is 0 Å². The second-order valence-electron chi connectivity index (χ2n) is 12.7. The number of imide groups is 1. The molecule has 0 aliphatic carbocycles. The van der Waals surface area contributed by atoms with Crippen molar-refractivity contribution in [2.45, 2.75) is 56.1 Å². The van der Waals surface area contributed by atoms with Crippen LogP contribution in [0, 0.1) is 5.92 Å². The third-order valence-corrected chi connectivity index (χ3v) is 10.8. The minimum atomic E-state index is -3.85. The zero-order valence-corrected chi connectivity index (χ0v) is 29.2. The molecule has 11 nitrogen and oxygen atoms in total. The molecule has 4 rings (SSSR count). The minimum absolute atomic E-state index is 0.0120. The van der Waals surface area contributed by atoms with E-state index < -0.39 is 34.0 Å². The molecule has 0 saturated carbocycles. The number of likely N-dealkylation sites (N-methyl/N-ethyl adjacent to an activating group) is 1. The SMILES string of the molecule is CCOC(=O)N(CCN(C)[C@@H]1CNC[C@H]1N(CCC(C)C)S(=O)(=O)c1ccc(N)cc1)C(=O)[C@@H](N)C(c1ccccc1)c1ccccc1. The maximum absolute atomic E-state index is 14.1. The Labute approximate surface area is 285 Å². The molecular formula is C36H50N6O5S. The van der Waals surface area contributed by atoms with Gasteiger partial charge in [-0.2, -0.15) is 4.31 Å². The molecule has 1 fully saturated rings. The zero-order chi connectivity index (χ0) is 34.8. The van der Waals surface area contributed by atoms with Gasteiger partial charge in [0.1, 0.15) is 0 Å². The van der Waals surface area contributed by atoms with Gasteiger partial charge in [0.15, 0.2) is 0 Å². The normalized spacial score (nSPS) is 17.3. The van der Waals surface area contributed by atoms with Gasteiger partial charge >= 0.3 is 6.09 Å². The number of rotatable bonds is 15. The van der Waals surface area contributed by atoms with Crippen LogP contribution in [0.4, 0.5) is 10.5 Å². The summed E-state index contributed by atoms with van der Waals surface area (Å²) in [6, 6.07) is 23.6. The zero-order valence-electron chi connectivity index (χ0n) is 28.4. The third-order valence-electron chi connectivity index (χ3n) is 8.89. The Morgan fingerprint density at radius 1 is 0.875 bits per heavy atom. The van der Waals surface area contributed by atoms with E-state index in [-0.39, 0.29) is 36.7 Å². The van der Waals surface area contributed by atoms with Gasteiger partial charge in [-0.05, 0) is 61.7 Å². The predicted molar refractivity (Wildman–Crippen MR) is 189 cm³/mol. The van der Waals surface area contributed by atoms with E-state index in [9.17, 15) is 18.0 Å². The number of ether oxygens (including phenoxy) is 1. The molecule has 12 heteroatoms. The van der Waals surface area contributed by atoms with Crippen molar-refractivity contribution in [1.29, 1.82) is 0 Å². The van der Waals surface area contributed by atoms with Crippen LogP contribution in [0.2, 0.25) is 0 Å². The average molecular weight is 679 g/mol. The van der Waals surface area contributed by atoms with E-state index in [1.165, 1.54) is 0 Å². The third kappa shape index (κ3) is 9.00. The van der Waals surface area contributed by atoms with E-state index in [0.29, 0.717) is 37.7 Å². The number of carbonyl (C=O) groups excluding carboxylic acids is 2. The molecule has 1 saturated heterocycles. The van der Waals surface area contributed by atoms with E-state index in [2.05, 4.69) is 19.2 Å². The van der Waals surface area contributed by atoms with Crippen molar-refractivity contribution in [2.75, 3.05) is 52.1 Å². The van der Waals surface area contributed by atoms with Crippen LogP contribution in [-0.2, 0) is 19.6 Å². The number of nitrogen functional groups attached to an aromatic ring is 1. The molecule has 5 N–H and O–H groups in total. The summed E-state index contributed by atoms with van der Waals surface area (Å²) in [5.41, 5.74) is 14.8. The Morgan fingerprint density at radius 3 is 1.98 bits per heavy atom. The molecule has 0 bridgehead atoms. The fraction of sp³-hybridized carbons (Fsp3) is 0.444. The van der Waals surface area contributed by atoms with Crippen LogP contribution in [0.1, 0.15) is 44.2 Å². The van der Waals surface area contributed by atoms with Gasteiger partial charge in [-0.25, -0.2) is 18.1 Å². The number of nitrogens with one attached hydrogen (secondary N) is 1. The number of sulfonamides is 1. The Hall–Kier alpha value is -3.81. The van der Waals surface area contributed by atoms with Crippen molar-refractivity contribution in [3.63, 3.8) is 0 Å². The summed E-state index contributed by atoms with van der Waals surface area (Å²) in [5, 5.41) is 3.37. The molecule has 2 amide bonds. The highest BCUT2D eigenvalue weighted by Gasteiger charge is 2.41. The summed E-state index contributed by atoms with van der Waals surface area (Å²) in [5.74, 6) is -0.750. The van der Waals surface area contributed by atoms with Gasteiger partial charge in [0, 0.05) is 50.4 Å². The van der Waals surface area contributed by atoms with Crippen LogP contribution in [-0.4, -0.2) is 99.0 Å². The first kappa shape index (κ1) is 37.0. The Morgan fingerprint density at radius 2 is 1.44 bits per heavy atom. The van der Waals surface area contributed by atoms with Gasteiger partial charge in [-0.15, -0.1) is 0 Å². The Kier molecular flexibility index (Phi) is 13.1. The molecule has 1 aliphatic rings. The van der Waals surface area contributed by atoms with Gasteiger partial charge in [0.05, 0.1) is 23.6 Å². The van der Waals surface area contributed by atoms with Crippen LogP contribution in [0.15, 0.2) is 89.8 Å². The number of amides is 2. The molecule has 3 aromatic carbocycles. The van der Waals surface area contributed by atoms with Crippen molar-refractivity contribution in [3.8, 4) is 0 Å².